The molecule has 1 fully saturated rings. The zero-order valence-electron chi connectivity index (χ0n) is 11.1. The van der Waals surface area contributed by atoms with Gasteiger partial charge in [-0.2, -0.15) is 0 Å². The SMILES string of the molecule is NC(=S)c1ccc(OCC(=O)N2CCCC(O)C2)cc1. The van der Waals surface area contributed by atoms with E-state index in [2.05, 4.69) is 0 Å². The predicted molar refractivity (Wildman–Crippen MR) is 79.6 cm³/mol. The van der Waals surface area contributed by atoms with Crippen LogP contribution in [-0.2, 0) is 4.79 Å². The Hall–Kier alpha value is -1.66. The molecule has 1 aromatic carbocycles. The van der Waals surface area contributed by atoms with Gasteiger partial charge in [0.2, 0.25) is 0 Å². The highest BCUT2D eigenvalue weighted by Gasteiger charge is 2.22. The molecule has 3 N–H and O–H groups in total. The Bertz CT molecular complexity index is 490. The van der Waals surface area contributed by atoms with Gasteiger partial charge in [0, 0.05) is 18.7 Å². The van der Waals surface area contributed by atoms with Gasteiger partial charge in [0.25, 0.3) is 5.91 Å². The molecule has 0 aromatic heterocycles. The van der Waals surface area contributed by atoms with Gasteiger partial charge in [-0.15, -0.1) is 0 Å². The van der Waals surface area contributed by atoms with Gasteiger partial charge in [0.15, 0.2) is 6.61 Å². The number of aliphatic hydroxyl groups is 1. The number of hydrogen-bond acceptors (Lipinski definition) is 4. The average Bonchev–Trinajstić information content (AvgIpc) is 2.45. The monoisotopic (exact) mass is 294 g/mol. The third kappa shape index (κ3) is 3.91. The van der Waals surface area contributed by atoms with E-state index in [1.54, 1.807) is 29.2 Å². The van der Waals surface area contributed by atoms with E-state index < -0.39 is 6.10 Å². The molecule has 0 spiro atoms. The smallest absolute Gasteiger partial charge is 0.260 e. The van der Waals surface area contributed by atoms with Gasteiger partial charge in [-0.05, 0) is 37.1 Å². The number of hydrogen-bond donors (Lipinski definition) is 2. The van der Waals surface area contributed by atoms with Crippen LogP contribution in [0.5, 0.6) is 5.75 Å². The zero-order chi connectivity index (χ0) is 14.5. The summed E-state index contributed by atoms with van der Waals surface area (Å²) in [5, 5.41) is 9.54. The van der Waals surface area contributed by atoms with E-state index in [9.17, 15) is 9.90 Å². The largest absolute Gasteiger partial charge is 0.484 e. The van der Waals surface area contributed by atoms with E-state index >= 15 is 0 Å². The summed E-state index contributed by atoms with van der Waals surface area (Å²) in [7, 11) is 0. The number of piperidine rings is 1. The average molecular weight is 294 g/mol. The van der Waals surface area contributed by atoms with Crippen LogP contribution in [0.2, 0.25) is 0 Å². The predicted octanol–water partition coefficient (Wildman–Crippen LogP) is 0.683. The van der Waals surface area contributed by atoms with Gasteiger partial charge in [-0.25, -0.2) is 0 Å². The molecule has 2 rings (SSSR count). The summed E-state index contributed by atoms with van der Waals surface area (Å²) in [6.07, 6.45) is 1.17. The Morgan fingerprint density at radius 2 is 2.15 bits per heavy atom. The lowest BCUT2D eigenvalue weighted by atomic mass is 10.1. The lowest BCUT2D eigenvalue weighted by molar-refractivity contribution is -0.136. The normalized spacial score (nSPS) is 18.6. The lowest BCUT2D eigenvalue weighted by Gasteiger charge is -2.30. The first-order valence-corrected chi connectivity index (χ1v) is 6.95. The van der Waals surface area contributed by atoms with Crippen LogP contribution in [0.15, 0.2) is 24.3 Å². The minimum absolute atomic E-state index is 0.0286. The second-order valence-electron chi connectivity index (χ2n) is 4.81. The molecule has 0 bridgehead atoms. The molecule has 0 radical (unpaired) electrons. The van der Waals surface area contributed by atoms with Gasteiger partial charge in [-0.3, -0.25) is 4.79 Å². The molecule has 1 aromatic rings. The van der Waals surface area contributed by atoms with Gasteiger partial charge >= 0.3 is 0 Å². The number of carbonyl (C=O) groups excluding carboxylic acids is 1. The highest BCUT2D eigenvalue weighted by molar-refractivity contribution is 7.80. The quantitative estimate of drug-likeness (QED) is 0.799. The number of amides is 1. The first-order valence-electron chi connectivity index (χ1n) is 6.55. The Morgan fingerprint density at radius 3 is 2.75 bits per heavy atom. The van der Waals surface area contributed by atoms with Crippen LogP contribution in [0.3, 0.4) is 0 Å². The van der Waals surface area contributed by atoms with Gasteiger partial charge in [0.05, 0.1) is 6.10 Å². The van der Waals surface area contributed by atoms with Crippen LogP contribution >= 0.6 is 12.2 Å². The summed E-state index contributed by atoms with van der Waals surface area (Å²) >= 11 is 4.86. The number of benzene rings is 1. The van der Waals surface area contributed by atoms with Crippen molar-refractivity contribution in [3.63, 3.8) is 0 Å². The van der Waals surface area contributed by atoms with Crippen molar-refractivity contribution in [2.45, 2.75) is 18.9 Å². The molecule has 0 saturated carbocycles. The van der Waals surface area contributed by atoms with Crippen LogP contribution in [0.4, 0.5) is 0 Å². The number of thiocarbonyl (C=S) groups is 1. The number of aliphatic hydroxyl groups excluding tert-OH is 1. The molecule has 1 aliphatic heterocycles. The Labute approximate surface area is 123 Å². The van der Waals surface area contributed by atoms with Crippen LogP contribution in [-0.4, -0.2) is 46.7 Å². The Morgan fingerprint density at radius 1 is 1.45 bits per heavy atom. The molecular weight excluding hydrogens is 276 g/mol. The Kier molecular flexibility index (Phi) is 4.92. The number of rotatable bonds is 4. The van der Waals surface area contributed by atoms with Gasteiger partial charge in [0.1, 0.15) is 10.7 Å². The number of nitrogens with two attached hydrogens (primary N) is 1. The lowest BCUT2D eigenvalue weighted by Crippen LogP contribution is -2.44. The first kappa shape index (κ1) is 14.7. The fourth-order valence-corrected chi connectivity index (χ4v) is 2.27. The maximum absolute atomic E-state index is 11.9. The topological polar surface area (TPSA) is 75.8 Å². The van der Waals surface area contributed by atoms with Crippen LogP contribution in [0.25, 0.3) is 0 Å². The first-order chi connectivity index (χ1) is 9.56. The standard InChI is InChI=1S/C14H18N2O3S/c15-14(20)10-3-5-12(6-4-10)19-9-13(18)16-7-1-2-11(17)8-16/h3-6,11,17H,1-2,7-9H2,(H2,15,20). The van der Waals surface area contributed by atoms with E-state index in [0.29, 0.717) is 23.8 Å². The van der Waals surface area contributed by atoms with Gasteiger partial charge < -0.3 is 20.5 Å². The zero-order valence-corrected chi connectivity index (χ0v) is 11.9. The Balaban J connectivity index is 1.85. The number of ether oxygens (including phenoxy) is 1. The molecule has 1 heterocycles. The summed E-state index contributed by atoms with van der Waals surface area (Å²) in [5.74, 6) is 0.484. The highest BCUT2D eigenvalue weighted by atomic mass is 32.1. The van der Waals surface area contributed by atoms with E-state index in [1.165, 1.54) is 0 Å². The molecule has 1 aliphatic rings. The van der Waals surface area contributed by atoms with Crippen molar-refractivity contribution in [2.24, 2.45) is 5.73 Å². The summed E-state index contributed by atoms with van der Waals surface area (Å²) in [6, 6.07) is 6.97. The summed E-state index contributed by atoms with van der Waals surface area (Å²) in [4.78, 5) is 13.9. The molecule has 1 unspecified atom stereocenters. The van der Waals surface area contributed by atoms with Crippen molar-refractivity contribution in [3.8, 4) is 5.75 Å². The summed E-state index contributed by atoms with van der Waals surface area (Å²) in [6.45, 7) is 1.04. The maximum Gasteiger partial charge on any atom is 0.260 e. The fraction of sp³-hybridized carbons (Fsp3) is 0.429. The summed E-state index contributed by atoms with van der Waals surface area (Å²) in [5.41, 5.74) is 6.26. The second-order valence-corrected chi connectivity index (χ2v) is 5.25. The minimum Gasteiger partial charge on any atom is -0.484 e. The third-order valence-electron chi connectivity index (χ3n) is 3.25. The van der Waals surface area contributed by atoms with E-state index in [-0.39, 0.29) is 12.5 Å². The number of nitrogens with zero attached hydrogens (tertiary/aromatic N) is 1. The van der Waals surface area contributed by atoms with Gasteiger partial charge in [-0.1, -0.05) is 12.2 Å². The summed E-state index contributed by atoms with van der Waals surface area (Å²) < 4.78 is 5.43. The molecule has 0 aliphatic carbocycles. The minimum atomic E-state index is -0.419. The van der Waals surface area contributed by atoms with Crippen LogP contribution in [0.1, 0.15) is 18.4 Å². The highest BCUT2D eigenvalue weighted by Crippen LogP contribution is 2.14. The van der Waals surface area contributed by atoms with Crippen LogP contribution < -0.4 is 10.5 Å². The van der Waals surface area contributed by atoms with Crippen molar-refractivity contribution < 1.29 is 14.6 Å². The molecular formula is C14H18N2O3S. The molecule has 108 valence electrons. The van der Waals surface area contributed by atoms with Crippen LogP contribution in [0, 0.1) is 0 Å². The number of carbonyl (C=O) groups is 1. The molecule has 1 saturated heterocycles. The van der Waals surface area contributed by atoms with Crippen molar-refractivity contribution >= 4 is 23.1 Å². The molecule has 1 atom stereocenters. The van der Waals surface area contributed by atoms with E-state index in [1.807, 2.05) is 0 Å². The molecule has 6 heteroatoms. The number of likely N-dealkylation sites (tertiary alicyclic amines) is 1. The van der Waals surface area contributed by atoms with Crippen molar-refractivity contribution in [1.29, 1.82) is 0 Å². The molecule has 20 heavy (non-hydrogen) atoms. The van der Waals surface area contributed by atoms with E-state index in [0.717, 1.165) is 18.4 Å². The molecule has 1 amide bonds. The third-order valence-corrected chi connectivity index (χ3v) is 3.49. The number of β-amino-alcohol motifs (C(OH)–C–C–N with tert-alkyl or cyclic N) is 1. The maximum atomic E-state index is 11.9. The van der Waals surface area contributed by atoms with E-state index in [4.69, 9.17) is 22.7 Å². The second kappa shape index (κ2) is 6.67. The van der Waals surface area contributed by atoms with Crippen molar-refractivity contribution in [1.82, 2.24) is 4.90 Å². The van der Waals surface area contributed by atoms with Crippen molar-refractivity contribution in [2.75, 3.05) is 19.7 Å². The van der Waals surface area contributed by atoms with Crippen molar-refractivity contribution in [3.05, 3.63) is 29.8 Å². The fourth-order valence-electron chi connectivity index (χ4n) is 2.13. The molecule has 5 nitrogen and oxygen atoms in total.